The van der Waals surface area contributed by atoms with Crippen molar-refractivity contribution < 1.29 is 92.6 Å². The number of hydrogen-bond donors (Lipinski definition) is 6. The van der Waals surface area contributed by atoms with Crippen LogP contribution in [0, 0.1) is 10.8 Å². The third kappa shape index (κ3) is 14.9. The van der Waals surface area contributed by atoms with Crippen molar-refractivity contribution in [1.82, 2.24) is 0 Å². The zero-order valence-electron chi connectivity index (χ0n) is 37.5. The maximum Gasteiger partial charge on any atom is 0.338 e. The Morgan fingerprint density at radius 2 is 0.451 bits per heavy atom. The van der Waals surface area contributed by atoms with Crippen molar-refractivity contribution in [2.24, 2.45) is 10.8 Å². The largest absolute Gasteiger partial charge is 0.508 e. The minimum atomic E-state index is -1.88. The van der Waals surface area contributed by atoms with E-state index in [4.69, 9.17) is 33.2 Å². The van der Waals surface area contributed by atoms with Gasteiger partial charge in [0.15, 0.2) is 0 Å². The van der Waals surface area contributed by atoms with Gasteiger partial charge in [0.05, 0.1) is 57.4 Å². The number of hydrogen-bond acceptors (Lipinski definition) is 19. The summed E-state index contributed by atoms with van der Waals surface area (Å²) in [5, 5.41) is 60.5. The van der Waals surface area contributed by atoms with Gasteiger partial charge in [-0.25, -0.2) is 28.8 Å². The number of rotatable bonds is 22. The highest BCUT2D eigenvalue weighted by Crippen LogP contribution is 2.29. The summed E-state index contributed by atoms with van der Waals surface area (Å²) in [4.78, 5) is 81.0. The van der Waals surface area contributed by atoms with E-state index in [1.807, 2.05) is 0 Å². The summed E-state index contributed by atoms with van der Waals surface area (Å²) >= 11 is 0. The van der Waals surface area contributed by atoms with Gasteiger partial charge in [-0.2, -0.15) is 0 Å². The van der Waals surface area contributed by atoms with E-state index in [1.54, 1.807) is 0 Å². The van der Waals surface area contributed by atoms with Gasteiger partial charge in [-0.05, 0) is 109 Å². The average Bonchev–Trinajstić information content (AvgIpc) is 3.36. The summed E-state index contributed by atoms with van der Waals surface area (Å²) in [6, 6.07) is 30.9. The molecule has 71 heavy (non-hydrogen) atoms. The van der Waals surface area contributed by atoms with E-state index < -0.39 is 99.5 Å². The first-order valence-electron chi connectivity index (χ1n) is 21.4. The Balaban J connectivity index is 1.38. The van der Waals surface area contributed by atoms with Crippen LogP contribution in [0.25, 0.3) is 0 Å². The van der Waals surface area contributed by atoms with Gasteiger partial charge < -0.3 is 63.8 Å². The SMILES string of the molecule is O=C(OCC(COCC(COC(=O)c1cccc(O)c1)(COC(=O)c1cccc(O)c1)COC(=O)c1cccc(O)c1)(COC(=O)c1cccc(O)c1)COC(=O)c1cccc(O)c1)c1cccc(O)c1. The molecule has 0 saturated carbocycles. The van der Waals surface area contributed by atoms with Crippen LogP contribution in [-0.4, -0.2) is 119 Å². The van der Waals surface area contributed by atoms with Crippen molar-refractivity contribution in [3.8, 4) is 34.5 Å². The van der Waals surface area contributed by atoms with Gasteiger partial charge in [-0.1, -0.05) is 36.4 Å². The van der Waals surface area contributed by atoms with Crippen LogP contribution < -0.4 is 0 Å². The molecule has 368 valence electrons. The minimum absolute atomic E-state index is 0.108. The van der Waals surface area contributed by atoms with Gasteiger partial charge in [0.1, 0.15) is 74.1 Å². The zero-order chi connectivity index (χ0) is 51.0. The molecule has 0 amide bonds. The van der Waals surface area contributed by atoms with Gasteiger partial charge in [0, 0.05) is 0 Å². The molecule has 0 spiro atoms. The lowest BCUT2D eigenvalue weighted by atomic mass is 9.90. The lowest BCUT2D eigenvalue weighted by Gasteiger charge is -2.35. The van der Waals surface area contributed by atoms with Crippen molar-refractivity contribution >= 4 is 35.8 Å². The van der Waals surface area contributed by atoms with Crippen LogP contribution in [0.2, 0.25) is 0 Å². The fourth-order valence-electron chi connectivity index (χ4n) is 6.59. The Hall–Kier alpha value is -9.10. The van der Waals surface area contributed by atoms with Gasteiger partial charge in [-0.3, -0.25) is 0 Å². The van der Waals surface area contributed by atoms with Crippen LogP contribution in [0.4, 0.5) is 0 Å². The molecule has 6 N–H and O–H groups in total. The van der Waals surface area contributed by atoms with E-state index in [0.29, 0.717) is 0 Å². The molecule has 0 fully saturated rings. The fraction of sp³-hybridized carbons (Fsp3) is 0.192. The Morgan fingerprint density at radius 3 is 0.606 bits per heavy atom. The molecule has 0 aliphatic heterocycles. The van der Waals surface area contributed by atoms with Crippen LogP contribution in [0.15, 0.2) is 146 Å². The minimum Gasteiger partial charge on any atom is -0.508 e. The first-order chi connectivity index (χ1) is 34.0. The first-order valence-corrected chi connectivity index (χ1v) is 21.4. The summed E-state index contributed by atoms with van der Waals surface area (Å²) in [6.07, 6.45) is 0. The number of benzene rings is 6. The van der Waals surface area contributed by atoms with Crippen LogP contribution in [0.5, 0.6) is 34.5 Å². The standard InChI is InChI=1S/C52H46O19/c53-39-13-1-7-33(19-39)45(59)66-27-51(28-67-46(60)34-8-2-14-40(54)20-34,29-68-47(61)35-9-3-15-41(55)21-35)25-65-26-52(30-69-48(62)36-10-4-16-42(56)22-36,31-70-49(63)37-11-5-17-43(57)23-37)32-71-50(64)38-12-6-18-44(58)24-38/h1-24,53-58H,25-32H2. The smallest absolute Gasteiger partial charge is 0.338 e. The molecule has 19 heteroatoms. The van der Waals surface area contributed by atoms with E-state index in [9.17, 15) is 59.4 Å². The van der Waals surface area contributed by atoms with Gasteiger partial charge in [0.25, 0.3) is 0 Å². The average molecular weight is 975 g/mol. The van der Waals surface area contributed by atoms with E-state index >= 15 is 0 Å². The van der Waals surface area contributed by atoms with Crippen LogP contribution in [-0.2, 0) is 33.2 Å². The molecular formula is C52H46O19. The zero-order valence-corrected chi connectivity index (χ0v) is 37.5. The van der Waals surface area contributed by atoms with Crippen molar-refractivity contribution in [3.63, 3.8) is 0 Å². The number of carbonyl (C=O) groups excluding carboxylic acids is 6. The molecule has 6 aromatic carbocycles. The lowest BCUT2D eigenvalue weighted by Crippen LogP contribution is -2.47. The number of aromatic hydroxyl groups is 6. The number of phenolic OH excluding ortho intramolecular Hbond substituents is 6. The van der Waals surface area contributed by atoms with E-state index in [2.05, 4.69) is 0 Å². The fourth-order valence-corrected chi connectivity index (χ4v) is 6.59. The van der Waals surface area contributed by atoms with Crippen LogP contribution in [0.1, 0.15) is 62.1 Å². The Kier molecular flexibility index (Phi) is 17.2. The van der Waals surface area contributed by atoms with Crippen LogP contribution >= 0.6 is 0 Å². The summed E-state index contributed by atoms with van der Waals surface area (Å²) in [5.74, 6) is -7.59. The summed E-state index contributed by atoms with van der Waals surface area (Å²) < 4.78 is 40.5. The van der Waals surface area contributed by atoms with E-state index in [1.165, 1.54) is 109 Å². The monoisotopic (exact) mass is 974 g/mol. The lowest BCUT2D eigenvalue weighted by molar-refractivity contribution is -0.112. The molecule has 0 saturated heterocycles. The number of ether oxygens (including phenoxy) is 7. The molecule has 6 rings (SSSR count). The molecule has 6 aromatic rings. The summed E-state index contributed by atoms with van der Waals surface area (Å²) in [6.45, 7) is -5.88. The highest BCUT2D eigenvalue weighted by Gasteiger charge is 2.41. The van der Waals surface area contributed by atoms with Crippen molar-refractivity contribution in [2.45, 2.75) is 0 Å². The quantitative estimate of drug-likeness (QED) is 0.0319. The van der Waals surface area contributed by atoms with Gasteiger partial charge in [0.2, 0.25) is 0 Å². The number of esters is 6. The first kappa shape index (κ1) is 51.3. The second-order valence-electron chi connectivity index (χ2n) is 16.3. The highest BCUT2D eigenvalue weighted by atomic mass is 16.6. The Morgan fingerprint density at radius 1 is 0.282 bits per heavy atom. The molecule has 0 aromatic heterocycles. The van der Waals surface area contributed by atoms with Crippen molar-refractivity contribution in [1.29, 1.82) is 0 Å². The van der Waals surface area contributed by atoms with Gasteiger partial charge >= 0.3 is 35.8 Å². The van der Waals surface area contributed by atoms with Crippen molar-refractivity contribution in [3.05, 3.63) is 179 Å². The molecule has 0 aliphatic carbocycles. The normalized spacial score (nSPS) is 11.2. The molecule has 19 nitrogen and oxygen atoms in total. The third-order valence-electron chi connectivity index (χ3n) is 10.4. The molecule has 0 atom stereocenters. The predicted molar refractivity (Wildman–Crippen MR) is 246 cm³/mol. The summed E-state index contributed by atoms with van der Waals surface area (Å²) in [5.41, 5.74) is -4.42. The molecule has 0 heterocycles. The molecular weight excluding hydrogens is 929 g/mol. The van der Waals surface area contributed by atoms with Gasteiger partial charge in [-0.15, -0.1) is 0 Å². The second-order valence-corrected chi connectivity index (χ2v) is 16.3. The Bertz CT molecular complexity index is 2380. The van der Waals surface area contributed by atoms with Crippen molar-refractivity contribution in [2.75, 3.05) is 52.9 Å². The summed E-state index contributed by atoms with van der Waals surface area (Å²) in [7, 11) is 0. The van der Waals surface area contributed by atoms with Crippen LogP contribution in [0.3, 0.4) is 0 Å². The third-order valence-corrected chi connectivity index (χ3v) is 10.4. The molecule has 0 aliphatic rings. The second kappa shape index (κ2) is 23.8. The van der Waals surface area contributed by atoms with E-state index in [0.717, 1.165) is 36.4 Å². The maximum atomic E-state index is 13.5. The molecule has 0 bridgehead atoms. The topological polar surface area (TPSA) is 288 Å². The molecule has 0 radical (unpaired) electrons. The van der Waals surface area contributed by atoms with E-state index in [-0.39, 0.29) is 67.9 Å². The maximum absolute atomic E-state index is 13.5. The Labute approximate surface area is 404 Å². The highest BCUT2D eigenvalue weighted by molar-refractivity contribution is 5.92. The number of phenols is 6. The molecule has 0 unspecified atom stereocenters. The predicted octanol–water partition coefficient (Wildman–Crippen LogP) is 6.35. The number of carbonyl (C=O) groups is 6.